The van der Waals surface area contributed by atoms with Gasteiger partial charge in [-0.3, -0.25) is 4.79 Å². The van der Waals surface area contributed by atoms with Crippen LogP contribution in [0.3, 0.4) is 0 Å². The minimum absolute atomic E-state index is 0.0122. The van der Waals surface area contributed by atoms with Gasteiger partial charge in [-0.25, -0.2) is 0 Å². The van der Waals surface area contributed by atoms with Gasteiger partial charge in [0.1, 0.15) is 36.6 Å². The highest BCUT2D eigenvalue weighted by atomic mass is 16.8. The summed E-state index contributed by atoms with van der Waals surface area (Å²) in [4.78, 5) is 14.5. The first kappa shape index (κ1) is 51.2. The van der Waals surface area contributed by atoms with Crippen LogP contribution in [-0.2, 0) is 75.8 Å². The second kappa shape index (κ2) is 18.9. The summed E-state index contributed by atoms with van der Waals surface area (Å²) in [6, 6.07) is 0. The molecule has 3 unspecified atom stereocenters. The molecule has 18 heteroatoms. The quantitative estimate of drug-likeness (QED) is 0.269. The minimum Gasteiger partial charge on any atom is -0.459 e. The fraction of sp³-hybridized carbons (Fsp3) is 0.914. The lowest BCUT2D eigenvalue weighted by Crippen LogP contribution is -2.62. The van der Waals surface area contributed by atoms with Crippen molar-refractivity contribution in [1.82, 2.24) is 0 Å². The Morgan fingerprint density at radius 3 is 2.12 bits per heavy atom. The van der Waals surface area contributed by atoms with Crippen molar-refractivity contribution < 1.29 is 86.1 Å². The van der Waals surface area contributed by atoms with E-state index >= 15 is 0 Å². The first-order valence-electron chi connectivity index (χ1n) is 29.7. The Balaban J connectivity index is 0.668. The van der Waals surface area contributed by atoms with Crippen LogP contribution < -0.4 is 0 Å². The summed E-state index contributed by atoms with van der Waals surface area (Å²) < 4.78 is 103. The molecule has 16 rings (SSSR count). The van der Waals surface area contributed by atoms with Crippen LogP contribution in [0.4, 0.5) is 0 Å². The molecule has 0 amide bonds. The lowest BCUT2D eigenvalue weighted by Gasteiger charge is -2.51. The number of fused-ring (bicyclic) bond motifs is 10. The van der Waals surface area contributed by atoms with Crippen molar-refractivity contribution in [2.24, 2.45) is 35.5 Å². The van der Waals surface area contributed by atoms with Gasteiger partial charge in [-0.05, 0) is 73.8 Å². The topological polar surface area (TPSA) is 196 Å². The van der Waals surface area contributed by atoms with Crippen LogP contribution >= 0.6 is 0 Å². The maximum absolute atomic E-state index is 14.5. The first-order valence-corrected chi connectivity index (χ1v) is 29.7. The average molecular weight is 1070 g/mol. The predicted molar refractivity (Wildman–Crippen MR) is 263 cm³/mol. The van der Waals surface area contributed by atoms with Gasteiger partial charge in [0, 0.05) is 69.1 Å². The summed E-state index contributed by atoms with van der Waals surface area (Å²) in [7, 11) is 0. The highest BCUT2D eigenvalue weighted by Gasteiger charge is 2.70. The lowest BCUT2D eigenvalue weighted by atomic mass is 9.74. The molecule has 76 heavy (non-hydrogen) atoms. The Morgan fingerprint density at radius 1 is 0.553 bits per heavy atom. The molecule has 0 saturated carbocycles. The van der Waals surface area contributed by atoms with Crippen LogP contribution in [0.5, 0.6) is 0 Å². The molecule has 0 aromatic rings. The second-order valence-corrected chi connectivity index (χ2v) is 26.7. The molecular formula is C58H82O18. The molecule has 422 valence electrons. The van der Waals surface area contributed by atoms with E-state index in [1.807, 2.05) is 0 Å². The van der Waals surface area contributed by atoms with E-state index < -0.39 is 60.3 Å². The number of aliphatic hydroxyl groups excluding tert-OH is 2. The zero-order valence-corrected chi connectivity index (χ0v) is 44.7. The maximum atomic E-state index is 14.5. The van der Waals surface area contributed by atoms with E-state index in [4.69, 9.17) is 71.1 Å². The van der Waals surface area contributed by atoms with Gasteiger partial charge in [-0.15, -0.1) is 0 Å². The van der Waals surface area contributed by atoms with E-state index in [2.05, 4.69) is 40.9 Å². The predicted octanol–water partition coefficient (Wildman–Crippen LogP) is 5.24. The SMILES string of the molecule is C=C1C[C@@H]2CC[C@@]34C[C@H]5O[C@H]6[C@@H](O3)[C@H]3O[C@H](CC[C@@H]3O[C@H]6[C@H]5O4)CC(=O)O[C@@H]3[C@@H](C)[C@@H]4O[C@@H]5C[C@]6(CC7O[C@]8(CC(C)[C@H]9[C@H](OC[C@@H]9[C@@H](O)CO)O8)C[C@H](C)C7O6)O[C@@H]5C[C@@H]4O[C@H]3C[C@H]3O[C@@H](CC[C@@H]1O2)C[C@@H](C)C3=C. The molecular weight excluding hydrogens is 985 g/mol. The number of hydrogen-bond donors (Lipinski definition) is 2. The summed E-state index contributed by atoms with van der Waals surface area (Å²) in [5, 5.41) is 20.4. The minimum atomic E-state index is -0.909. The Morgan fingerprint density at radius 2 is 1.25 bits per heavy atom. The molecule has 16 aliphatic heterocycles. The zero-order chi connectivity index (χ0) is 51.7. The molecule has 16 heterocycles. The number of carbonyl (C=O) groups excluding carboxylic acids is 1. The highest BCUT2D eigenvalue weighted by molar-refractivity contribution is 5.70. The van der Waals surface area contributed by atoms with Crippen LogP contribution in [0.15, 0.2) is 24.3 Å². The van der Waals surface area contributed by atoms with Crippen molar-refractivity contribution >= 4 is 5.97 Å². The zero-order valence-electron chi connectivity index (χ0n) is 44.7. The second-order valence-electron chi connectivity index (χ2n) is 26.7. The molecule has 16 fully saturated rings. The maximum Gasteiger partial charge on any atom is 0.308 e. The first-order chi connectivity index (χ1) is 36.6. The number of rotatable bonds is 2. The Labute approximate surface area is 446 Å². The highest BCUT2D eigenvalue weighted by Crippen LogP contribution is 2.58. The molecule has 0 aliphatic carbocycles. The molecule has 3 spiro atoms. The summed E-state index contributed by atoms with van der Waals surface area (Å²) in [5.41, 5.74) is 2.16. The van der Waals surface area contributed by atoms with Gasteiger partial charge in [0.25, 0.3) is 0 Å². The standard InChI is InChI=1S/C58H82O18/c1-25-13-31-7-9-36-26(2)14-33(63-36)11-12-56-21-43-51(74-56)52-53(69-43)54(75-56)50-37(67-52)10-8-32(65-50)15-45(61)70-49-30(6)48-41(66-40(49)16-38(64-31)29(25)5)17-39-42(68-48)20-58(71-39)22-44-47(73-58)28(4)19-57(72-44)18-27(3)46-34(35(60)23-59)24-62-55(46)76-57/h25,27-28,30-44,46-55,59-60H,2,5,7-24H2,1,3-4,6H3/t25-,27?,28+,30+,31+,32-,33+,34-,35+,36+,37+,38-,39-,40+,41+,42-,43-,44?,46-,47?,48+,49-,50+,51+,52+,53-,54+,55-,56+,57+,58+/m1/s1. The molecule has 16 saturated heterocycles. The van der Waals surface area contributed by atoms with Gasteiger partial charge in [0.2, 0.25) is 0 Å². The fourth-order valence-corrected chi connectivity index (χ4v) is 18.0. The van der Waals surface area contributed by atoms with Gasteiger partial charge in [0.05, 0.1) is 111 Å². The van der Waals surface area contributed by atoms with Gasteiger partial charge >= 0.3 is 5.97 Å². The molecule has 31 atom stereocenters. The van der Waals surface area contributed by atoms with Crippen molar-refractivity contribution in [3.05, 3.63) is 24.3 Å². The molecule has 18 nitrogen and oxygen atoms in total. The fourth-order valence-electron chi connectivity index (χ4n) is 18.0. The van der Waals surface area contributed by atoms with E-state index in [0.29, 0.717) is 64.4 Å². The van der Waals surface area contributed by atoms with Gasteiger partial charge in [-0.1, -0.05) is 40.9 Å². The van der Waals surface area contributed by atoms with Crippen LogP contribution in [0.25, 0.3) is 0 Å². The number of ether oxygens (including phenoxy) is 15. The number of aliphatic hydroxyl groups is 2. The third-order valence-corrected chi connectivity index (χ3v) is 21.6. The third kappa shape index (κ3) is 8.47. The van der Waals surface area contributed by atoms with E-state index in [9.17, 15) is 15.0 Å². The van der Waals surface area contributed by atoms with E-state index in [1.54, 1.807) is 0 Å². The number of carbonyl (C=O) groups is 1. The van der Waals surface area contributed by atoms with Crippen molar-refractivity contribution in [2.45, 2.75) is 282 Å². The van der Waals surface area contributed by atoms with E-state index in [1.165, 1.54) is 0 Å². The number of esters is 1. The summed E-state index contributed by atoms with van der Waals surface area (Å²) in [5.74, 6) is -2.90. The normalized spacial score (nSPS) is 58.6. The van der Waals surface area contributed by atoms with Crippen molar-refractivity contribution in [1.29, 1.82) is 0 Å². The smallest absolute Gasteiger partial charge is 0.308 e. The monoisotopic (exact) mass is 1070 g/mol. The van der Waals surface area contributed by atoms with Gasteiger partial charge in [0.15, 0.2) is 23.7 Å². The molecule has 16 aliphatic rings. The van der Waals surface area contributed by atoms with E-state index in [-0.39, 0.29) is 146 Å². The third-order valence-electron chi connectivity index (χ3n) is 21.6. The summed E-state index contributed by atoms with van der Waals surface area (Å²) in [6.45, 7) is 17.9. The largest absolute Gasteiger partial charge is 0.459 e. The molecule has 0 aromatic heterocycles. The van der Waals surface area contributed by atoms with Crippen molar-refractivity contribution in [3.8, 4) is 0 Å². The lowest BCUT2D eigenvalue weighted by molar-refractivity contribution is -0.376. The number of hydrogen-bond acceptors (Lipinski definition) is 18. The Bertz CT molecular complexity index is 2270. The van der Waals surface area contributed by atoms with Crippen LogP contribution in [-0.4, -0.2) is 181 Å². The average Bonchev–Trinajstić information content (AvgIpc) is 4.23. The van der Waals surface area contributed by atoms with Crippen LogP contribution in [0.1, 0.15) is 130 Å². The molecule has 2 N–H and O–H groups in total. The Kier molecular flexibility index (Phi) is 12.8. The van der Waals surface area contributed by atoms with Crippen LogP contribution in [0, 0.1) is 35.5 Å². The van der Waals surface area contributed by atoms with Crippen molar-refractivity contribution in [3.63, 3.8) is 0 Å². The Hall–Kier alpha value is -1.69. The molecule has 0 aromatic carbocycles. The molecule has 12 bridgehead atoms. The summed E-state index contributed by atoms with van der Waals surface area (Å²) >= 11 is 0. The van der Waals surface area contributed by atoms with Crippen LogP contribution in [0.2, 0.25) is 0 Å². The molecule has 0 radical (unpaired) electrons. The van der Waals surface area contributed by atoms with Gasteiger partial charge in [-0.2, -0.15) is 0 Å². The summed E-state index contributed by atoms with van der Waals surface area (Å²) in [6.07, 6.45) is 3.50. The van der Waals surface area contributed by atoms with Crippen molar-refractivity contribution in [2.75, 3.05) is 13.2 Å². The van der Waals surface area contributed by atoms with Gasteiger partial charge < -0.3 is 81.3 Å². The van der Waals surface area contributed by atoms with E-state index in [0.717, 1.165) is 49.7 Å².